The normalized spacial score (nSPS) is 13.4. The van der Waals surface area contributed by atoms with Gasteiger partial charge in [-0.25, -0.2) is 13.2 Å². The van der Waals surface area contributed by atoms with E-state index in [1.165, 1.54) is 0 Å². The highest BCUT2D eigenvalue weighted by atomic mass is 19.2. The highest BCUT2D eigenvalue weighted by molar-refractivity contribution is 5.23. The molecule has 0 aliphatic heterocycles. The lowest BCUT2D eigenvalue weighted by Crippen LogP contribution is -2.11. The Morgan fingerprint density at radius 3 is 2.07 bits per heavy atom. The standard InChI is InChI=1S/C10H11F3O/c1-5(2)10(14)8-6(11)3-4-7(12)9(8)13/h3-5,10,14H,1-2H3. The van der Waals surface area contributed by atoms with Crippen molar-refractivity contribution in [3.8, 4) is 0 Å². The minimum Gasteiger partial charge on any atom is -0.388 e. The van der Waals surface area contributed by atoms with Crippen LogP contribution >= 0.6 is 0 Å². The van der Waals surface area contributed by atoms with E-state index in [9.17, 15) is 18.3 Å². The molecule has 0 spiro atoms. The fourth-order valence-corrected chi connectivity index (χ4v) is 1.15. The Balaban J connectivity index is 3.25. The van der Waals surface area contributed by atoms with Gasteiger partial charge in [0, 0.05) is 0 Å². The zero-order valence-electron chi connectivity index (χ0n) is 7.89. The average Bonchev–Trinajstić information content (AvgIpc) is 2.12. The van der Waals surface area contributed by atoms with Crippen LogP contribution in [0, 0.1) is 23.4 Å². The molecule has 0 heterocycles. The monoisotopic (exact) mass is 204 g/mol. The topological polar surface area (TPSA) is 20.2 Å². The molecule has 0 amide bonds. The van der Waals surface area contributed by atoms with Gasteiger partial charge in [-0.05, 0) is 18.1 Å². The van der Waals surface area contributed by atoms with Crippen LogP contribution in [0.5, 0.6) is 0 Å². The second-order valence-electron chi connectivity index (χ2n) is 3.45. The van der Waals surface area contributed by atoms with Crippen molar-refractivity contribution >= 4 is 0 Å². The lowest BCUT2D eigenvalue weighted by Gasteiger charge is -2.16. The van der Waals surface area contributed by atoms with Gasteiger partial charge in [0.1, 0.15) is 5.82 Å². The number of rotatable bonds is 2. The van der Waals surface area contributed by atoms with Crippen LogP contribution in [0.1, 0.15) is 25.5 Å². The predicted octanol–water partition coefficient (Wildman–Crippen LogP) is 2.79. The van der Waals surface area contributed by atoms with Gasteiger partial charge < -0.3 is 5.11 Å². The largest absolute Gasteiger partial charge is 0.388 e. The van der Waals surface area contributed by atoms with E-state index in [4.69, 9.17) is 0 Å². The zero-order chi connectivity index (χ0) is 10.9. The van der Waals surface area contributed by atoms with E-state index >= 15 is 0 Å². The van der Waals surface area contributed by atoms with Crippen LogP contribution in [0.2, 0.25) is 0 Å². The molecule has 0 aliphatic rings. The number of hydrogen-bond acceptors (Lipinski definition) is 1. The molecule has 0 aliphatic carbocycles. The van der Waals surface area contributed by atoms with E-state index in [-0.39, 0.29) is 5.92 Å². The fraction of sp³-hybridized carbons (Fsp3) is 0.400. The molecule has 0 bridgehead atoms. The van der Waals surface area contributed by atoms with Crippen molar-refractivity contribution in [2.75, 3.05) is 0 Å². The first-order valence-corrected chi connectivity index (χ1v) is 4.26. The maximum absolute atomic E-state index is 13.1. The first kappa shape index (κ1) is 11.0. The quantitative estimate of drug-likeness (QED) is 0.734. The molecule has 0 radical (unpaired) electrons. The Bertz CT molecular complexity index is 336. The molecule has 1 atom stereocenters. The summed E-state index contributed by atoms with van der Waals surface area (Å²) in [6.45, 7) is 3.18. The summed E-state index contributed by atoms with van der Waals surface area (Å²) in [7, 11) is 0. The molecule has 78 valence electrons. The van der Waals surface area contributed by atoms with Gasteiger partial charge in [0.05, 0.1) is 11.7 Å². The summed E-state index contributed by atoms with van der Waals surface area (Å²) < 4.78 is 38.9. The zero-order valence-corrected chi connectivity index (χ0v) is 7.89. The van der Waals surface area contributed by atoms with Crippen LogP contribution in [0.15, 0.2) is 12.1 Å². The van der Waals surface area contributed by atoms with Crippen molar-refractivity contribution in [2.24, 2.45) is 5.92 Å². The Morgan fingerprint density at radius 1 is 1.07 bits per heavy atom. The molecule has 0 saturated carbocycles. The van der Waals surface area contributed by atoms with Crippen LogP contribution in [0.4, 0.5) is 13.2 Å². The number of benzene rings is 1. The van der Waals surface area contributed by atoms with E-state index in [0.717, 1.165) is 6.07 Å². The third kappa shape index (κ3) is 1.90. The SMILES string of the molecule is CC(C)C(O)c1c(F)ccc(F)c1F. The summed E-state index contributed by atoms with van der Waals surface area (Å²) in [6.07, 6.45) is -1.33. The summed E-state index contributed by atoms with van der Waals surface area (Å²) in [4.78, 5) is 0. The molecule has 1 aromatic rings. The molecule has 0 fully saturated rings. The molecule has 4 heteroatoms. The summed E-state index contributed by atoms with van der Waals surface area (Å²) in [5.74, 6) is -3.77. The molecular formula is C10H11F3O. The Morgan fingerprint density at radius 2 is 1.57 bits per heavy atom. The number of aliphatic hydroxyl groups is 1. The van der Waals surface area contributed by atoms with E-state index in [0.29, 0.717) is 6.07 Å². The third-order valence-corrected chi connectivity index (χ3v) is 2.01. The first-order chi connectivity index (χ1) is 6.45. The van der Waals surface area contributed by atoms with Crippen molar-refractivity contribution in [3.05, 3.63) is 35.1 Å². The van der Waals surface area contributed by atoms with Crippen LogP contribution < -0.4 is 0 Å². The molecule has 0 saturated heterocycles. The minimum atomic E-state index is -1.33. The third-order valence-electron chi connectivity index (χ3n) is 2.01. The Kier molecular flexibility index (Phi) is 3.16. The Hall–Kier alpha value is -1.03. The number of halogens is 3. The van der Waals surface area contributed by atoms with Gasteiger partial charge in [-0.3, -0.25) is 0 Å². The van der Waals surface area contributed by atoms with Crippen LogP contribution in [0.25, 0.3) is 0 Å². The maximum atomic E-state index is 13.1. The van der Waals surface area contributed by atoms with E-state index in [1.54, 1.807) is 13.8 Å². The molecule has 1 nitrogen and oxygen atoms in total. The van der Waals surface area contributed by atoms with Gasteiger partial charge in [-0.1, -0.05) is 13.8 Å². The summed E-state index contributed by atoms with van der Waals surface area (Å²) in [5.41, 5.74) is -0.597. The van der Waals surface area contributed by atoms with Crippen molar-refractivity contribution in [2.45, 2.75) is 20.0 Å². The lowest BCUT2D eigenvalue weighted by atomic mass is 9.98. The second-order valence-corrected chi connectivity index (χ2v) is 3.45. The van der Waals surface area contributed by atoms with Gasteiger partial charge in [-0.15, -0.1) is 0 Å². The van der Waals surface area contributed by atoms with Gasteiger partial charge in [0.2, 0.25) is 0 Å². The molecule has 1 rings (SSSR count). The second kappa shape index (κ2) is 4.00. The van der Waals surface area contributed by atoms with Crippen LogP contribution in [-0.4, -0.2) is 5.11 Å². The molecular weight excluding hydrogens is 193 g/mol. The Labute approximate surface area is 80.2 Å². The van der Waals surface area contributed by atoms with Gasteiger partial charge in [0.15, 0.2) is 11.6 Å². The molecule has 1 aromatic carbocycles. The molecule has 1 unspecified atom stereocenters. The number of aliphatic hydroxyl groups excluding tert-OH is 1. The van der Waals surface area contributed by atoms with Crippen LogP contribution in [-0.2, 0) is 0 Å². The van der Waals surface area contributed by atoms with Gasteiger partial charge in [-0.2, -0.15) is 0 Å². The summed E-state index contributed by atoms with van der Waals surface area (Å²) in [6, 6.07) is 1.50. The maximum Gasteiger partial charge on any atom is 0.167 e. The van der Waals surface area contributed by atoms with Crippen molar-refractivity contribution in [3.63, 3.8) is 0 Å². The van der Waals surface area contributed by atoms with E-state index < -0.39 is 29.1 Å². The van der Waals surface area contributed by atoms with Crippen molar-refractivity contribution in [1.82, 2.24) is 0 Å². The first-order valence-electron chi connectivity index (χ1n) is 4.26. The van der Waals surface area contributed by atoms with E-state index in [1.807, 2.05) is 0 Å². The lowest BCUT2D eigenvalue weighted by molar-refractivity contribution is 0.117. The summed E-state index contributed by atoms with van der Waals surface area (Å²) >= 11 is 0. The van der Waals surface area contributed by atoms with Gasteiger partial charge in [0.25, 0.3) is 0 Å². The van der Waals surface area contributed by atoms with Crippen molar-refractivity contribution < 1.29 is 18.3 Å². The minimum absolute atomic E-state index is 0.374. The van der Waals surface area contributed by atoms with E-state index in [2.05, 4.69) is 0 Å². The molecule has 1 N–H and O–H groups in total. The average molecular weight is 204 g/mol. The number of hydrogen-bond donors (Lipinski definition) is 1. The van der Waals surface area contributed by atoms with Gasteiger partial charge >= 0.3 is 0 Å². The summed E-state index contributed by atoms with van der Waals surface area (Å²) in [5, 5.41) is 9.44. The fourth-order valence-electron chi connectivity index (χ4n) is 1.15. The van der Waals surface area contributed by atoms with Crippen molar-refractivity contribution in [1.29, 1.82) is 0 Å². The molecule has 0 aromatic heterocycles. The molecule has 14 heavy (non-hydrogen) atoms. The highest BCUT2D eigenvalue weighted by Crippen LogP contribution is 2.27. The van der Waals surface area contributed by atoms with Crippen LogP contribution in [0.3, 0.4) is 0 Å². The smallest absolute Gasteiger partial charge is 0.167 e. The highest BCUT2D eigenvalue weighted by Gasteiger charge is 2.23. The predicted molar refractivity (Wildman–Crippen MR) is 46.1 cm³/mol.